The molecule has 1 N–H and O–H groups in total. The van der Waals surface area contributed by atoms with Crippen molar-refractivity contribution in [1.82, 2.24) is 9.80 Å². The van der Waals surface area contributed by atoms with Gasteiger partial charge in [0.15, 0.2) is 0 Å². The number of amides is 2. The van der Waals surface area contributed by atoms with Gasteiger partial charge in [0.2, 0.25) is 5.91 Å². The monoisotopic (exact) mass is 359 g/mol. The van der Waals surface area contributed by atoms with Crippen molar-refractivity contribution >= 4 is 17.5 Å². The zero-order chi connectivity index (χ0) is 19.1. The van der Waals surface area contributed by atoms with E-state index in [1.165, 1.54) is 0 Å². The molecule has 2 rings (SSSR count). The fourth-order valence-electron chi connectivity index (χ4n) is 2.99. The van der Waals surface area contributed by atoms with Gasteiger partial charge in [0, 0.05) is 36.8 Å². The van der Waals surface area contributed by atoms with Crippen LogP contribution in [-0.2, 0) is 4.79 Å². The van der Waals surface area contributed by atoms with E-state index in [4.69, 9.17) is 0 Å². The number of carbonyl (C=O) groups excluding carboxylic acids is 2. The Labute approximate surface area is 157 Å². The minimum absolute atomic E-state index is 0.0610. The van der Waals surface area contributed by atoms with Gasteiger partial charge in [-0.1, -0.05) is 27.7 Å². The van der Waals surface area contributed by atoms with Gasteiger partial charge in [0.25, 0.3) is 5.91 Å². The first-order valence-electron chi connectivity index (χ1n) is 9.87. The molecule has 0 radical (unpaired) electrons. The predicted octanol–water partition coefficient (Wildman–Crippen LogP) is 3.48. The van der Waals surface area contributed by atoms with Crippen molar-refractivity contribution in [3.8, 4) is 0 Å². The van der Waals surface area contributed by atoms with Crippen LogP contribution in [0.3, 0.4) is 0 Å². The third-order valence-electron chi connectivity index (χ3n) is 4.80. The van der Waals surface area contributed by atoms with Crippen LogP contribution in [0.4, 0.5) is 5.69 Å². The van der Waals surface area contributed by atoms with Crippen LogP contribution in [0.5, 0.6) is 0 Å². The van der Waals surface area contributed by atoms with Gasteiger partial charge >= 0.3 is 0 Å². The van der Waals surface area contributed by atoms with Gasteiger partial charge in [-0.15, -0.1) is 0 Å². The summed E-state index contributed by atoms with van der Waals surface area (Å²) in [5.74, 6) is 0.751. The van der Waals surface area contributed by atoms with E-state index >= 15 is 0 Å². The van der Waals surface area contributed by atoms with E-state index in [1.54, 1.807) is 0 Å². The summed E-state index contributed by atoms with van der Waals surface area (Å²) >= 11 is 0. The summed E-state index contributed by atoms with van der Waals surface area (Å²) in [5, 5.41) is 2.92. The van der Waals surface area contributed by atoms with E-state index in [9.17, 15) is 9.59 Å². The Morgan fingerprint density at radius 3 is 2.19 bits per heavy atom. The summed E-state index contributed by atoms with van der Waals surface area (Å²) in [5.41, 5.74) is 1.44. The summed E-state index contributed by atoms with van der Waals surface area (Å²) < 4.78 is 0. The molecule has 2 amide bonds. The van der Waals surface area contributed by atoms with Crippen molar-refractivity contribution in [2.24, 2.45) is 11.8 Å². The van der Waals surface area contributed by atoms with Gasteiger partial charge < -0.3 is 15.1 Å². The van der Waals surface area contributed by atoms with E-state index in [-0.39, 0.29) is 17.7 Å². The molecular formula is C21H33N3O2. The number of nitrogens with one attached hydrogen (secondary N) is 1. The average molecular weight is 360 g/mol. The zero-order valence-electron chi connectivity index (χ0n) is 16.6. The second kappa shape index (κ2) is 9.72. The van der Waals surface area contributed by atoms with Crippen LogP contribution in [0.15, 0.2) is 24.3 Å². The minimum atomic E-state index is 0.0610. The number of carbonyl (C=O) groups is 2. The highest BCUT2D eigenvalue weighted by Gasteiger charge is 2.29. The molecule has 5 nitrogen and oxygen atoms in total. The summed E-state index contributed by atoms with van der Waals surface area (Å²) in [7, 11) is 0. The van der Waals surface area contributed by atoms with Crippen molar-refractivity contribution in [3.63, 3.8) is 0 Å². The van der Waals surface area contributed by atoms with Crippen LogP contribution in [0.25, 0.3) is 0 Å². The maximum absolute atomic E-state index is 12.9. The highest BCUT2D eigenvalue weighted by Crippen LogP contribution is 2.30. The number of anilines is 1. The van der Waals surface area contributed by atoms with Gasteiger partial charge in [0.1, 0.15) is 0 Å². The number of hydrogen-bond donors (Lipinski definition) is 1. The summed E-state index contributed by atoms with van der Waals surface area (Å²) in [4.78, 5) is 29.1. The Kier molecular flexibility index (Phi) is 7.64. The van der Waals surface area contributed by atoms with Gasteiger partial charge in [-0.3, -0.25) is 9.59 Å². The van der Waals surface area contributed by atoms with Gasteiger partial charge in [-0.25, -0.2) is 0 Å². The lowest BCUT2D eigenvalue weighted by molar-refractivity contribution is -0.117. The lowest BCUT2D eigenvalue weighted by atomic mass is 10.1. The van der Waals surface area contributed by atoms with Crippen molar-refractivity contribution in [2.45, 2.75) is 40.5 Å². The number of benzene rings is 1. The van der Waals surface area contributed by atoms with E-state index < -0.39 is 0 Å². The van der Waals surface area contributed by atoms with Crippen LogP contribution in [0.1, 0.15) is 50.9 Å². The van der Waals surface area contributed by atoms with E-state index in [2.05, 4.69) is 37.9 Å². The smallest absolute Gasteiger partial charge is 0.253 e. The topological polar surface area (TPSA) is 52.6 Å². The molecule has 0 aliphatic heterocycles. The molecule has 0 aromatic heterocycles. The lowest BCUT2D eigenvalue weighted by Gasteiger charge is -2.28. The van der Waals surface area contributed by atoms with Crippen LogP contribution >= 0.6 is 0 Å². The average Bonchev–Trinajstić information content (AvgIpc) is 3.46. The molecule has 1 aliphatic rings. The summed E-state index contributed by atoms with van der Waals surface area (Å²) in [6.07, 6.45) is 1.97. The molecule has 1 fully saturated rings. The van der Waals surface area contributed by atoms with E-state index in [0.717, 1.165) is 51.3 Å². The highest BCUT2D eigenvalue weighted by atomic mass is 16.2. The molecule has 1 aromatic rings. The summed E-state index contributed by atoms with van der Waals surface area (Å²) in [6, 6.07) is 7.28. The Morgan fingerprint density at radius 1 is 1.08 bits per heavy atom. The van der Waals surface area contributed by atoms with Crippen molar-refractivity contribution in [1.29, 1.82) is 0 Å². The van der Waals surface area contributed by atoms with Crippen molar-refractivity contribution < 1.29 is 9.59 Å². The molecule has 0 heterocycles. The Balaban J connectivity index is 1.99. The molecule has 144 valence electrons. The predicted molar refractivity (Wildman–Crippen MR) is 106 cm³/mol. The van der Waals surface area contributed by atoms with Crippen LogP contribution in [0, 0.1) is 11.8 Å². The highest BCUT2D eigenvalue weighted by molar-refractivity contribution is 5.96. The molecule has 1 aliphatic carbocycles. The fraction of sp³-hybridized carbons (Fsp3) is 0.619. The van der Waals surface area contributed by atoms with Gasteiger partial charge in [-0.2, -0.15) is 0 Å². The SMILES string of the molecule is CCN(CC)CCN(CC(C)C)C(=O)c1ccc(NC(=O)C2CC2)cc1. The van der Waals surface area contributed by atoms with Crippen LogP contribution in [0.2, 0.25) is 0 Å². The minimum Gasteiger partial charge on any atom is -0.337 e. The maximum atomic E-state index is 12.9. The number of nitrogens with zero attached hydrogens (tertiary/aromatic N) is 2. The third-order valence-corrected chi connectivity index (χ3v) is 4.80. The molecule has 5 heteroatoms. The van der Waals surface area contributed by atoms with Gasteiger partial charge in [0.05, 0.1) is 0 Å². The Hall–Kier alpha value is -1.88. The Bertz CT molecular complexity index is 590. The third kappa shape index (κ3) is 6.13. The van der Waals surface area contributed by atoms with Crippen LogP contribution < -0.4 is 5.32 Å². The summed E-state index contributed by atoms with van der Waals surface area (Å²) in [6.45, 7) is 12.9. The van der Waals surface area contributed by atoms with Crippen LogP contribution in [-0.4, -0.2) is 54.3 Å². The fourth-order valence-corrected chi connectivity index (χ4v) is 2.99. The molecule has 1 saturated carbocycles. The molecule has 0 unspecified atom stereocenters. The second-order valence-electron chi connectivity index (χ2n) is 7.51. The lowest BCUT2D eigenvalue weighted by Crippen LogP contribution is -2.40. The van der Waals surface area contributed by atoms with Crippen molar-refractivity contribution in [3.05, 3.63) is 29.8 Å². The Morgan fingerprint density at radius 2 is 1.69 bits per heavy atom. The number of hydrogen-bond acceptors (Lipinski definition) is 3. The van der Waals surface area contributed by atoms with Crippen molar-refractivity contribution in [2.75, 3.05) is 38.0 Å². The first-order chi connectivity index (χ1) is 12.4. The molecule has 0 bridgehead atoms. The molecule has 0 spiro atoms. The van der Waals surface area contributed by atoms with E-state index in [1.807, 2.05) is 29.2 Å². The van der Waals surface area contributed by atoms with E-state index in [0.29, 0.717) is 11.5 Å². The largest absolute Gasteiger partial charge is 0.337 e. The molecule has 26 heavy (non-hydrogen) atoms. The standard InChI is InChI=1S/C21H33N3O2/c1-5-23(6-2)13-14-24(15-16(3)4)21(26)18-9-11-19(12-10-18)22-20(25)17-7-8-17/h9-12,16-17H,5-8,13-15H2,1-4H3,(H,22,25). The molecule has 1 aromatic carbocycles. The zero-order valence-corrected chi connectivity index (χ0v) is 16.6. The normalized spacial score (nSPS) is 13.9. The first-order valence-corrected chi connectivity index (χ1v) is 9.87. The first kappa shape index (κ1) is 20.4. The molecule has 0 atom stereocenters. The molecular weight excluding hydrogens is 326 g/mol. The number of likely N-dealkylation sites (N-methyl/N-ethyl adjacent to an activating group) is 1. The molecule has 0 saturated heterocycles. The quantitative estimate of drug-likeness (QED) is 0.696. The number of rotatable bonds is 10. The second-order valence-corrected chi connectivity index (χ2v) is 7.51. The van der Waals surface area contributed by atoms with Gasteiger partial charge in [-0.05, 0) is 56.1 Å². The maximum Gasteiger partial charge on any atom is 0.253 e.